The summed E-state index contributed by atoms with van der Waals surface area (Å²) in [5.41, 5.74) is 14.9. The molecule has 0 amide bonds. The minimum atomic E-state index is 0.638. The van der Waals surface area contributed by atoms with Gasteiger partial charge in [0.05, 0.1) is 11.4 Å². The van der Waals surface area contributed by atoms with Gasteiger partial charge in [0.15, 0.2) is 0 Å². The average Bonchev–Trinajstić information content (AvgIpc) is 2.62. The van der Waals surface area contributed by atoms with Gasteiger partial charge < -0.3 is 11.5 Å². The smallest absolute Gasteiger partial charge is 0.0554 e. The molecule has 4 N–H and O–H groups in total. The van der Waals surface area contributed by atoms with Crippen LogP contribution in [0.1, 0.15) is 0 Å². The predicted octanol–water partition coefficient (Wildman–Crippen LogP) is 2.58. The fourth-order valence-corrected chi connectivity index (χ4v) is 1.85. The van der Waals surface area contributed by atoms with Gasteiger partial charge in [-0.1, -0.05) is 6.07 Å². The highest BCUT2D eigenvalue weighted by Crippen LogP contribution is 2.26. The van der Waals surface area contributed by atoms with E-state index in [1.54, 1.807) is 11.3 Å². The van der Waals surface area contributed by atoms with Crippen LogP contribution in [0.2, 0.25) is 0 Å². The molecular weight excluding hydrogens is 180 g/mol. The second-order valence-electron chi connectivity index (χ2n) is 2.86. The van der Waals surface area contributed by atoms with Crippen molar-refractivity contribution in [3.8, 4) is 11.1 Å². The zero-order valence-corrected chi connectivity index (χ0v) is 7.84. The Morgan fingerprint density at radius 3 is 2.38 bits per heavy atom. The van der Waals surface area contributed by atoms with Crippen molar-refractivity contribution in [1.82, 2.24) is 0 Å². The van der Waals surface area contributed by atoms with E-state index in [2.05, 4.69) is 11.4 Å². The predicted molar refractivity (Wildman–Crippen MR) is 58.6 cm³/mol. The molecule has 0 unspecified atom stereocenters. The Balaban J connectivity index is 2.49. The number of benzene rings is 1. The molecule has 0 saturated carbocycles. The molecule has 0 aliphatic carbocycles. The lowest BCUT2D eigenvalue weighted by Gasteiger charge is -2.02. The highest BCUT2D eigenvalue weighted by atomic mass is 32.1. The quantitative estimate of drug-likeness (QED) is 0.679. The van der Waals surface area contributed by atoms with Crippen molar-refractivity contribution in [2.45, 2.75) is 0 Å². The van der Waals surface area contributed by atoms with Gasteiger partial charge in [0.2, 0.25) is 0 Å². The van der Waals surface area contributed by atoms with Crippen molar-refractivity contribution in [2.24, 2.45) is 0 Å². The first kappa shape index (κ1) is 8.13. The summed E-state index contributed by atoms with van der Waals surface area (Å²) >= 11 is 1.67. The number of thiophene rings is 1. The number of rotatable bonds is 1. The van der Waals surface area contributed by atoms with Crippen LogP contribution in [0.3, 0.4) is 0 Å². The van der Waals surface area contributed by atoms with E-state index in [0.717, 1.165) is 5.56 Å². The summed E-state index contributed by atoms with van der Waals surface area (Å²) in [6.07, 6.45) is 0. The Labute approximate surface area is 80.8 Å². The van der Waals surface area contributed by atoms with E-state index < -0.39 is 0 Å². The molecule has 1 heterocycles. The Morgan fingerprint density at radius 2 is 1.77 bits per heavy atom. The molecule has 13 heavy (non-hydrogen) atoms. The van der Waals surface area contributed by atoms with Crippen LogP contribution in [0.4, 0.5) is 11.4 Å². The van der Waals surface area contributed by atoms with E-state index in [9.17, 15) is 0 Å². The standard InChI is InChI=1S/C10H10N2S/c11-9-2-1-7(5-10(9)12)8-3-4-13-6-8/h1-6H,11-12H2. The molecule has 3 heteroatoms. The van der Waals surface area contributed by atoms with Crippen LogP contribution in [0, 0.1) is 0 Å². The lowest BCUT2D eigenvalue weighted by molar-refractivity contribution is 1.64. The second-order valence-corrected chi connectivity index (χ2v) is 3.64. The molecule has 1 aromatic heterocycles. The summed E-state index contributed by atoms with van der Waals surface area (Å²) in [4.78, 5) is 0. The summed E-state index contributed by atoms with van der Waals surface area (Å²) in [5, 5.41) is 4.13. The fraction of sp³-hybridized carbons (Fsp3) is 0. The maximum atomic E-state index is 5.71. The SMILES string of the molecule is Nc1ccc(-c2ccsc2)cc1N. The Morgan fingerprint density at radius 1 is 0.923 bits per heavy atom. The lowest BCUT2D eigenvalue weighted by Crippen LogP contribution is -1.93. The van der Waals surface area contributed by atoms with E-state index in [1.807, 2.05) is 23.6 Å². The molecule has 0 radical (unpaired) electrons. The fourth-order valence-electron chi connectivity index (χ4n) is 1.18. The van der Waals surface area contributed by atoms with Crippen LogP contribution < -0.4 is 11.5 Å². The Kier molecular flexibility index (Phi) is 1.94. The van der Waals surface area contributed by atoms with Gasteiger partial charge in [-0.25, -0.2) is 0 Å². The Bertz CT molecular complexity index is 407. The van der Waals surface area contributed by atoms with Gasteiger partial charge >= 0.3 is 0 Å². The van der Waals surface area contributed by atoms with Gasteiger partial charge in [-0.3, -0.25) is 0 Å². The van der Waals surface area contributed by atoms with Crippen molar-refractivity contribution in [1.29, 1.82) is 0 Å². The number of hydrogen-bond donors (Lipinski definition) is 2. The molecule has 1 aromatic carbocycles. The van der Waals surface area contributed by atoms with E-state index in [-0.39, 0.29) is 0 Å². The molecule has 2 rings (SSSR count). The van der Waals surface area contributed by atoms with E-state index in [1.165, 1.54) is 5.56 Å². The van der Waals surface area contributed by atoms with E-state index in [0.29, 0.717) is 11.4 Å². The maximum absolute atomic E-state index is 5.71. The molecule has 0 atom stereocenters. The van der Waals surface area contributed by atoms with Crippen LogP contribution in [0.5, 0.6) is 0 Å². The first-order valence-electron chi connectivity index (χ1n) is 3.95. The normalized spacial score (nSPS) is 10.2. The molecule has 0 saturated heterocycles. The number of anilines is 2. The third-order valence-electron chi connectivity index (χ3n) is 1.94. The van der Waals surface area contributed by atoms with Gasteiger partial charge in [-0.2, -0.15) is 11.3 Å². The summed E-state index contributed by atoms with van der Waals surface area (Å²) in [6.45, 7) is 0. The molecule has 0 aliphatic rings. The minimum absolute atomic E-state index is 0.638. The Hall–Kier alpha value is -1.48. The summed E-state index contributed by atoms with van der Waals surface area (Å²) in [6, 6.07) is 7.78. The number of hydrogen-bond acceptors (Lipinski definition) is 3. The summed E-state index contributed by atoms with van der Waals surface area (Å²) in [7, 11) is 0. The molecule has 0 bridgehead atoms. The number of nitrogens with two attached hydrogens (primary N) is 2. The molecule has 2 aromatic rings. The van der Waals surface area contributed by atoms with E-state index >= 15 is 0 Å². The molecule has 0 fully saturated rings. The van der Waals surface area contributed by atoms with Crippen LogP contribution in [0.15, 0.2) is 35.0 Å². The first-order valence-corrected chi connectivity index (χ1v) is 4.89. The molecule has 0 spiro atoms. The lowest BCUT2D eigenvalue weighted by atomic mass is 10.1. The van der Waals surface area contributed by atoms with Crippen LogP contribution in [-0.2, 0) is 0 Å². The molecular formula is C10H10N2S. The third-order valence-corrected chi connectivity index (χ3v) is 2.62. The zero-order chi connectivity index (χ0) is 9.26. The van der Waals surface area contributed by atoms with Crippen LogP contribution >= 0.6 is 11.3 Å². The third kappa shape index (κ3) is 1.51. The first-order chi connectivity index (χ1) is 6.27. The minimum Gasteiger partial charge on any atom is -0.397 e. The monoisotopic (exact) mass is 190 g/mol. The molecule has 2 nitrogen and oxygen atoms in total. The van der Waals surface area contributed by atoms with Crippen molar-refractivity contribution in [3.63, 3.8) is 0 Å². The highest BCUT2D eigenvalue weighted by Gasteiger charge is 1.99. The second kappa shape index (κ2) is 3.11. The number of nitrogen functional groups attached to an aromatic ring is 2. The van der Waals surface area contributed by atoms with Gasteiger partial charge in [0, 0.05) is 0 Å². The van der Waals surface area contributed by atoms with Crippen LogP contribution in [-0.4, -0.2) is 0 Å². The van der Waals surface area contributed by atoms with Crippen molar-refractivity contribution in [3.05, 3.63) is 35.0 Å². The van der Waals surface area contributed by atoms with E-state index in [4.69, 9.17) is 11.5 Å². The van der Waals surface area contributed by atoms with Crippen molar-refractivity contribution < 1.29 is 0 Å². The summed E-state index contributed by atoms with van der Waals surface area (Å²) < 4.78 is 0. The van der Waals surface area contributed by atoms with Crippen molar-refractivity contribution in [2.75, 3.05) is 11.5 Å². The molecule has 0 aliphatic heterocycles. The molecule has 66 valence electrons. The highest BCUT2D eigenvalue weighted by molar-refractivity contribution is 7.08. The topological polar surface area (TPSA) is 52.0 Å². The van der Waals surface area contributed by atoms with Crippen molar-refractivity contribution >= 4 is 22.7 Å². The van der Waals surface area contributed by atoms with Crippen LogP contribution in [0.25, 0.3) is 11.1 Å². The van der Waals surface area contributed by atoms with Gasteiger partial charge in [-0.05, 0) is 40.1 Å². The maximum Gasteiger partial charge on any atom is 0.0554 e. The van der Waals surface area contributed by atoms with Gasteiger partial charge in [0.25, 0.3) is 0 Å². The zero-order valence-electron chi connectivity index (χ0n) is 7.03. The average molecular weight is 190 g/mol. The van der Waals surface area contributed by atoms with Gasteiger partial charge in [0.1, 0.15) is 0 Å². The summed E-state index contributed by atoms with van der Waals surface area (Å²) in [5.74, 6) is 0. The largest absolute Gasteiger partial charge is 0.397 e. The van der Waals surface area contributed by atoms with Gasteiger partial charge in [-0.15, -0.1) is 0 Å².